The van der Waals surface area contributed by atoms with Crippen LogP contribution in [0, 0.1) is 5.92 Å². The van der Waals surface area contributed by atoms with Crippen LogP contribution in [-0.2, 0) is 9.53 Å². The van der Waals surface area contributed by atoms with E-state index in [1.807, 2.05) is 0 Å². The van der Waals surface area contributed by atoms with E-state index >= 15 is 0 Å². The standard InChI is InChI=1S/C11H19F3O3/c1-9(2,3)17-8(15)7(11(12,13)14)6-10(4,5)16/h7,16H,6H2,1-5H3. The van der Waals surface area contributed by atoms with Crippen molar-refractivity contribution in [2.24, 2.45) is 5.92 Å². The molecular weight excluding hydrogens is 237 g/mol. The molecule has 0 bridgehead atoms. The Labute approximate surface area is 99.0 Å². The van der Waals surface area contributed by atoms with E-state index < -0.39 is 35.7 Å². The molecule has 0 aliphatic rings. The summed E-state index contributed by atoms with van der Waals surface area (Å²) >= 11 is 0. The summed E-state index contributed by atoms with van der Waals surface area (Å²) < 4.78 is 42.7. The van der Waals surface area contributed by atoms with Gasteiger partial charge in [-0.1, -0.05) is 0 Å². The first-order valence-electron chi connectivity index (χ1n) is 5.24. The second kappa shape index (κ2) is 4.84. The van der Waals surface area contributed by atoms with Gasteiger partial charge in [-0.15, -0.1) is 0 Å². The van der Waals surface area contributed by atoms with Gasteiger partial charge in [-0.2, -0.15) is 13.2 Å². The number of carbonyl (C=O) groups excluding carboxylic acids is 1. The van der Waals surface area contributed by atoms with Gasteiger partial charge < -0.3 is 9.84 Å². The lowest BCUT2D eigenvalue weighted by Gasteiger charge is -2.28. The van der Waals surface area contributed by atoms with Crippen molar-refractivity contribution in [3.63, 3.8) is 0 Å². The van der Waals surface area contributed by atoms with Crippen LogP contribution in [-0.4, -0.2) is 28.5 Å². The fourth-order valence-corrected chi connectivity index (χ4v) is 1.21. The highest BCUT2D eigenvalue weighted by Gasteiger charge is 2.48. The highest BCUT2D eigenvalue weighted by molar-refractivity contribution is 5.73. The zero-order chi connectivity index (χ0) is 14.1. The van der Waals surface area contributed by atoms with E-state index in [9.17, 15) is 23.1 Å². The van der Waals surface area contributed by atoms with E-state index in [4.69, 9.17) is 4.74 Å². The second-order valence-corrected chi connectivity index (χ2v) is 5.64. The minimum absolute atomic E-state index is 0.717. The molecule has 0 fully saturated rings. The Balaban J connectivity index is 4.90. The first-order chi connectivity index (χ1) is 7.22. The zero-order valence-corrected chi connectivity index (χ0v) is 10.7. The summed E-state index contributed by atoms with van der Waals surface area (Å²) in [4.78, 5) is 11.4. The Morgan fingerprint density at radius 2 is 1.59 bits per heavy atom. The summed E-state index contributed by atoms with van der Waals surface area (Å²) in [5.74, 6) is -3.66. The molecule has 0 aliphatic carbocycles. The van der Waals surface area contributed by atoms with Gasteiger partial charge in [0.15, 0.2) is 5.92 Å². The number of rotatable bonds is 3. The Morgan fingerprint density at radius 3 is 1.82 bits per heavy atom. The molecule has 0 amide bonds. The molecule has 0 heterocycles. The van der Waals surface area contributed by atoms with Crippen molar-refractivity contribution in [2.75, 3.05) is 0 Å². The molecule has 0 aromatic carbocycles. The number of hydrogen-bond donors (Lipinski definition) is 1. The molecule has 6 heteroatoms. The largest absolute Gasteiger partial charge is 0.459 e. The molecule has 0 spiro atoms. The molecule has 0 saturated heterocycles. The van der Waals surface area contributed by atoms with Crippen molar-refractivity contribution in [3.05, 3.63) is 0 Å². The van der Waals surface area contributed by atoms with Gasteiger partial charge >= 0.3 is 12.1 Å². The normalized spacial score (nSPS) is 15.6. The lowest BCUT2D eigenvalue weighted by Crippen LogP contribution is -2.40. The molecule has 0 aromatic heterocycles. The molecule has 1 N–H and O–H groups in total. The maximum atomic E-state index is 12.7. The number of alkyl halides is 3. The fraction of sp³-hybridized carbons (Fsp3) is 0.909. The number of hydrogen-bond acceptors (Lipinski definition) is 3. The van der Waals surface area contributed by atoms with Crippen molar-refractivity contribution >= 4 is 5.97 Å². The van der Waals surface area contributed by atoms with Crippen LogP contribution in [0.1, 0.15) is 41.0 Å². The van der Waals surface area contributed by atoms with Crippen molar-refractivity contribution in [1.29, 1.82) is 0 Å². The molecule has 0 radical (unpaired) electrons. The van der Waals surface area contributed by atoms with Crippen LogP contribution in [0.4, 0.5) is 13.2 Å². The third-order valence-corrected chi connectivity index (χ3v) is 1.79. The topological polar surface area (TPSA) is 46.5 Å². The predicted molar refractivity (Wildman–Crippen MR) is 56.3 cm³/mol. The van der Waals surface area contributed by atoms with Crippen molar-refractivity contribution in [3.8, 4) is 0 Å². The molecule has 0 aliphatic heterocycles. The highest BCUT2D eigenvalue weighted by atomic mass is 19.4. The van der Waals surface area contributed by atoms with Crippen LogP contribution >= 0.6 is 0 Å². The molecule has 1 unspecified atom stereocenters. The maximum absolute atomic E-state index is 12.7. The van der Waals surface area contributed by atoms with Gasteiger partial charge in [-0.25, -0.2) is 0 Å². The minimum atomic E-state index is -4.72. The van der Waals surface area contributed by atoms with Crippen LogP contribution in [0.5, 0.6) is 0 Å². The van der Waals surface area contributed by atoms with Crippen molar-refractivity contribution in [2.45, 2.75) is 58.4 Å². The van der Waals surface area contributed by atoms with Gasteiger partial charge in [0.2, 0.25) is 0 Å². The van der Waals surface area contributed by atoms with E-state index in [0.29, 0.717) is 0 Å². The SMILES string of the molecule is CC(C)(O)CC(C(=O)OC(C)(C)C)C(F)(F)F. The molecule has 0 saturated carbocycles. The number of halogens is 3. The second-order valence-electron chi connectivity index (χ2n) is 5.64. The van der Waals surface area contributed by atoms with Crippen LogP contribution in [0.25, 0.3) is 0 Å². The maximum Gasteiger partial charge on any atom is 0.402 e. The molecule has 102 valence electrons. The first-order valence-corrected chi connectivity index (χ1v) is 5.24. The van der Waals surface area contributed by atoms with Crippen LogP contribution in [0.2, 0.25) is 0 Å². The van der Waals surface area contributed by atoms with Crippen LogP contribution in [0.15, 0.2) is 0 Å². The van der Waals surface area contributed by atoms with Gasteiger partial charge in [-0.3, -0.25) is 4.79 Å². The third-order valence-electron chi connectivity index (χ3n) is 1.79. The molecule has 3 nitrogen and oxygen atoms in total. The molecule has 0 aromatic rings. The lowest BCUT2D eigenvalue weighted by molar-refractivity contribution is -0.212. The monoisotopic (exact) mass is 256 g/mol. The lowest BCUT2D eigenvalue weighted by atomic mass is 9.93. The number of aliphatic hydroxyl groups is 1. The van der Waals surface area contributed by atoms with Crippen molar-refractivity contribution < 1.29 is 27.8 Å². The number of ether oxygens (including phenoxy) is 1. The first kappa shape index (κ1) is 16.2. The van der Waals surface area contributed by atoms with E-state index in [0.717, 1.165) is 0 Å². The van der Waals surface area contributed by atoms with Crippen molar-refractivity contribution in [1.82, 2.24) is 0 Å². The average Bonchev–Trinajstić information content (AvgIpc) is 1.92. The fourth-order valence-electron chi connectivity index (χ4n) is 1.21. The Morgan fingerprint density at radius 1 is 1.18 bits per heavy atom. The van der Waals surface area contributed by atoms with E-state index in [1.165, 1.54) is 34.6 Å². The Hall–Kier alpha value is -0.780. The molecule has 0 rings (SSSR count). The molecule has 1 atom stereocenters. The summed E-state index contributed by atoms with van der Waals surface area (Å²) in [5.41, 5.74) is -2.57. The quantitative estimate of drug-likeness (QED) is 0.790. The van der Waals surface area contributed by atoms with Gasteiger partial charge in [-0.05, 0) is 41.0 Å². The summed E-state index contributed by atoms with van der Waals surface area (Å²) in [5, 5.41) is 9.39. The van der Waals surface area contributed by atoms with E-state index in [-0.39, 0.29) is 0 Å². The number of carbonyl (C=O) groups is 1. The van der Waals surface area contributed by atoms with E-state index in [1.54, 1.807) is 0 Å². The Bertz CT molecular complexity index is 271. The smallest absolute Gasteiger partial charge is 0.402 e. The minimum Gasteiger partial charge on any atom is -0.459 e. The molecule has 17 heavy (non-hydrogen) atoms. The van der Waals surface area contributed by atoms with Gasteiger partial charge in [0.25, 0.3) is 0 Å². The van der Waals surface area contributed by atoms with Crippen LogP contribution in [0.3, 0.4) is 0 Å². The summed E-state index contributed by atoms with van der Waals surface area (Å²) in [6.07, 6.45) is -5.44. The van der Waals surface area contributed by atoms with Crippen LogP contribution < -0.4 is 0 Å². The van der Waals surface area contributed by atoms with Gasteiger partial charge in [0.1, 0.15) is 5.60 Å². The predicted octanol–water partition coefficient (Wildman–Crippen LogP) is 2.67. The highest BCUT2D eigenvalue weighted by Crippen LogP contribution is 2.34. The Kier molecular flexibility index (Phi) is 4.62. The average molecular weight is 256 g/mol. The number of esters is 1. The zero-order valence-electron chi connectivity index (χ0n) is 10.7. The summed E-state index contributed by atoms with van der Waals surface area (Å²) in [6.45, 7) is 6.90. The summed E-state index contributed by atoms with van der Waals surface area (Å²) in [6, 6.07) is 0. The summed E-state index contributed by atoms with van der Waals surface area (Å²) in [7, 11) is 0. The van der Waals surface area contributed by atoms with E-state index in [2.05, 4.69) is 0 Å². The molecular formula is C11H19F3O3. The van der Waals surface area contributed by atoms with Gasteiger partial charge in [0, 0.05) is 0 Å². The third kappa shape index (κ3) is 7.20. The van der Waals surface area contributed by atoms with Gasteiger partial charge in [0.05, 0.1) is 5.60 Å².